The zero-order valence-corrected chi connectivity index (χ0v) is 15.5. The molecule has 1 rings (SSSR count). The number of rotatable bonds is 10. The lowest BCUT2D eigenvalue weighted by atomic mass is 10.1. The Labute approximate surface area is 137 Å². The number of unbranched alkanes of at least 4 members (excludes halogenated alkanes) is 6. The third kappa shape index (κ3) is 9.23. The lowest BCUT2D eigenvalue weighted by molar-refractivity contribution is 0.401. The van der Waals surface area contributed by atoms with Gasteiger partial charge in [0.1, 0.15) is 0 Å². The standard InChI is InChI=1S/C16H27O2P.C3H6/c1-3-4-5-6-7-8-12-15-19(17,18-2)16-13-10-9-11-14-16;1-3-2/h9-11,13-14H,3-8,12,15H2,1-2H3;3H,1H2,2H3. The van der Waals surface area contributed by atoms with Crippen LogP contribution in [0.5, 0.6) is 0 Å². The SMILES string of the molecule is C=CC.CCCCCCCCCP(=O)(OC)c1ccccc1. The van der Waals surface area contributed by atoms with E-state index in [9.17, 15) is 4.57 Å². The molecule has 0 aliphatic carbocycles. The van der Waals surface area contributed by atoms with Crippen molar-refractivity contribution in [1.29, 1.82) is 0 Å². The minimum atomic E-state index is -2.61. The Kier molecular flexibility index (Phi) is 13.3. The number of benzene rings is 1. The monoisotopic (exact) mass is 324 g/mol. The summed E-state index contributed by atoms with van der Waals surface area (Å²) in [6, 6.07) is 9.60. The fraction of sp³-hybridized carbons (Fsp3) is 0.579. The lowest BCUT2D eigenvalue weighted by Gasteiger charge is -2.16. The van der Waals surface area contributed by atoms with Crippen molar-refractivity contribution < 1.29 is 9.09 Å². The Morgan fingerprint density at radius 3 is 2.05 bits per heavy atom. The molecule has 0 heterocycles. The summed E-state index contributed by atoms with van der Waals surface area (Å²) in [5.41, 5.74) is 0. The van der Waals surface area contributed by atoms with Gasteiger partial charge in [0.25, 0.3) is 0 Å². The van der Waals surface area contributed by atoms with Gasteiger partial charge in [-0.1, -0.05) is 69.7 Å². The molecule has 126 valence electrons. The zero-order valence-electron chi connectivity index (χ0n) is 14.6. The smallest absolute Gasteiger partial charge is 0.231 e. The largest absolute Gasteiger partial charge is 0.329 e. The average molecular weight is 324 g/mol. The molecule has 1 atom stereocenters. The molecule has 1 aromatic rings. The van der Waals surface area contributed by atoms with Crippen LogP contribution in [-0.4, -0.2) is 13.3 Å². The van der Waals surface area contributed by atoms with Crippen LogP contribution in [0.1, 0.15) is 58.8 Å². The first-order valence-corrected chi connectivity index (χ1v) is 10.2. The molecule has 0 N–H and O–H groups in total. The minimum Gasteiger partial charge on any atom is -0.329 e. The zero-order chi connectivity index (χ0) is 16.7. The highest BCUT2D eigenvalue weighted by molar-refractivity contribution is 7.66. The second-order valence-electron chi connectivity index (χ2n) is 5.44. The first-order valence-electron chi connectivity index (χ1n) is 8.42. The van der Waals surface area contributed by atoms with Crippen molar-refractivity contribution in [3.05, 3.63) is 43.0 Å². The Bertz CT molecular complexity index is 415. The predicted molar refractivity (Wildman–Crippen MR) is 99.4 cm³/mol. The molecule has 22 heavy (non-hydrogen) atoms. The molecule has 0 bridgehead atoms. The van der Waals surface area contributed by atoms with E-state index in [1.165, 1.54) is 32.1 Å². The van der Waals surface area contributed by atoms with Crippen LogP contribution < -0.4 is 5.30 Å². The highest BCUT2D eigenvalue weighted by Gasteiger charge is 2.23. The van der Waals surface area contributed by atoms with Crippen LogP contribution in [0, 0.1) is 0 Å². The predicted octanol–water partition coefficient (Wildman–Crippen LogP) is 6.18. The van der Waals surface area contributed by atoms with Gasteiger partial charge in [-0.05, 0) is 25.5 Å². The van der Waals surface area contributed by atoms with Gasteiger partial charge in [0, 0.05) is 18.6 Å². The van der Waals surface area contributed by atoms with Gasteiger partial charge in [-0.15, -0.1) is 6.58 Å². The first kappa shape index (κ1) is 21.1. The van der Waals surface area contributed by atoms with Gasteiger partial charge in [-0.25, -0.2) is 0 Å². The molecule has 0 aromatic heterocycles. The van der Waals surface area contributed by atoms with Crippen molar-refractivity contribution >= 4 is 12.7 Å². The van der Waals surface area contributed by atoms with Crippen molar-refractivity contribution in [2.24, 2.45) is 0 Å². The molecule has 0 aliphatic heterocycles. The molecule has 1 aromatic carbocycles. The second kappa shape index (κ2) is 13.8. The molecule has 3 heteroatoms. The fourth-order valence-corrected chi connectivity index (χ4v) is 4.18. The summed E-state index contributed by atoms with van der Waals surface area (Å²) in [5, 5.41) is 0.850. The molecule has 0 spiro atoms. The van der Waals surface area contributed by atoms with E-state index in [2.05, 4.69) is 13.5 Å². The van der Waals surface area contributed by atoms with Crippen molar-refractivity contribution in [2.45, 2.75) is 58.8 Å². The van der Waals surface area contributed by atoms with E-state index in [4.69, 9.17) is 4.52 Å². The van der Waals surface area contributed by atoms with E-state index < -0.39 is 7.37 Å². The fourth-order valence-electron chi connectivity index (χ4n) is 2.26. The van der Waals surface area contributed by atoms with Crippen LogP contribution in [0.3, 0.4) is 0 Å². The molecule has 0 radical (unpaired) electrons. The van der Waals surface area contributed by atoms with Crippen molar-refractivity contribution in [3.63, 3.8) is 0 Å². The second-order valence-corrected chi connectivity index (χ2v) is 8.12. The van der Waals surface area contributed by atoms with E-state index in [-0.39, 0.29) is 0 Å². The summed E-state index contributed by atoms with van der Waals surface area (Å²) in [6.07, 6.45) is 11.1. The maximum absolute atomic E-state index is 12.7. The summed E-state index contributed by atoms with van der Waals surface area (Å²) < 4.78 is 18.0. The maximum atomic E-state index is 12.7. The maximum Gasteiger partial charge on any atom is 0.231 e. The minimum absolute atomic E-state index is 0.668. The van der Waals surface area contributed by atoms with Gasteiger partial charge >= 0.3 is 0 Å². The third-order valence-corrected chi connectivity index (χ3v) is 6.08. The van der Waals surface area contributed by atoms with Crippen LogP contribution >= 0.6 is 7.37 Å². The summed E-state index contributed by atoms with van der Waals surface area (Å²) in [5.74, 6) is 0. The average Bonchev–Trinajstić information content (AvgIpc) is 2.55. The molecule has 0 saturated carbocycles. The third-order valence-electron chi connectivity index (χ3n) is 3.50. The number of hydrogen-bond donors (Lipinski definition) is 0. The van der Waals surface area contributed by atoms with Gasteiger partial charge in [0.15, 0.2) is 0 Å². The van der Waals surface area contributed by atoms with E-state index in [0.29, 0.717) is 6.16 Å². The lowest BCUT2D eigenvalue weighted by Crippen LogP contribution is -2.08. The number of hydrogen-bond acceptors (Lipinski definition) is 2. The Morgan fingerprint density at radius 2 is 1.55 bits per heavy atom. The summed E-state index contributed by atoms with van der Waals surface area (Å²) in [4.78, 5) is 0. The van der Waals surface area contributed by atoms with Gasteiger partial charge in [-0.2, -0.15) is 0 Å². The van der Waals surface area contributed by atoms with Crippen LogP contribution in [0.2, 0.25) is 0 Å². The molecule has 0 saturated heterocycles. The Morgan fingerprint density at radius 1 is 1.05 bits per heavy atom. The van der Waals surface area contributed by atoms with Crippen LogP contribution in [0.15, 0.2) is 43.0 Å². The van der Waals surface area contributed by atoms with Crippen molar-refractivity contribution in [3.8, 4) is 0 Å². The van der Waals surface area contributed by atoms with Gasteiger partial charge < -0.3 is 4.52 Å². The quantitative estimate of drug-likeness (QED) is 0.292. The van der Waals surface area contributed by atoms with Crippen molar-refractivity contribution in [1.82, 2.24) is 0 Å². The van der Waals surface area contributed by atoms with E-state index >= 15 is 0 Å². The molecular weight excluding hydrogens is 291 g/mol. The Hall–Kier alpha value is -0.850. The first-order chi connectivity index (χ1) is 10.6. The highest BCUT2D eigenvalue weighted by atomic mass is 31.2. The van der Waals surface area contributed by atoms with E-state index in [0.717, 1.165) is 18.1 Å². The highest BCUT2D eigenvalue weighted by Crippen LogP contribution is 2.45. The normalized spacial score (nSPS) is 12.9. The van der Waals surface area contributed by atoms with Gasteiger partial charge in [0.05, 0.1) is 0 Å². The van der Waals surface area contributed by atoms with Crippen LogP contribution in [0.25, 0.3) is 0 Å². The van der Waals surface area contributed by atoms with E-state index in [1.54, 1.807) is 13.2 Å². The summed E-state index contributed by atoms with van der Waals surface area (Å²) in [6.45, 7) is 7.48. The molecule has 1 unspecified atom stereocenters. The molecular formula is C19H33O2P. The summed E-state index contributed by atoms with van der Waals surface area (Å²) in [7, 11) is -1.05. The van der Waals surface area contributed by atoms with Crippen LogP contribution in [0.4, 0.5) is 0 Å². The Balaban J connectivity index is 0.00000135. The number of allylic oxidation sites excluding steroid dienone is 1. The van der Waals surface area contributed by atoms with Gasteiger partial charge in [0.2, 0.25) is 7.37 Å². The molecule has 2 nitrogen and oxygen atoms in total. The molecule has 0 aliphatic rings. The topological polar surface area (TPSA) is 26.3 Å². The van der Waals surface area contributed by atoms with Crippen LogP contribution in [-0.2, 0) is 9.09 Å². The molecule has 0 fully saturated rings. The molecule has 0 amide bonds. The van der Waals surface area contributed by atoms with E-state index in [1.807, 2.05) is 37.3 Å². The van der Waals surface area contributed by atoms with Crippen molar-refractivity contribution in [2.75, 3.05) is 13.3 Å². The summed E-state index contributed by atoms with van der Waals surface area (Å²) >= 11 is 0. The van der Waals surface area contributed by atoms with Gasteiger partial charge in [-0.3, -0.25) is 4.57 Å².